The highest BCUT2D eigenvalue weighted by Crippen LogP contribution is 2.34. The van der Waals surface area contributed by atoms with E-state index in [9.17, 15) is 14.4 Å². The average molecular weight is 428 g/mol. The summed E-state index contributed by atoms with van der Waals surface area (Å²) in [5, 5.41) is 3.65. The van der Waals surface area contributed by atoms with E-state index in [-0.39, 0.29) is 29.7 Å². The van der Waals surface area contributed by atoms with E-state index >= 15 is 0 Å². The summed E-state index contributed by atoms with van der Waals surface area (Å²) in [7, 11) is 0. The number of nitrogens with zero attached hydrogens (tertiary/aromatic N) is 2. The minimum atomic E-state index is -0.252. The molecule has 1 aromatic carbocycles. The van der Waals surface area contributed by atoms with E-state index in [4.69, 9.17) is 4.74 Å². The van der Waals surface area contributed by atoms with Gasteiger partial charge in [0.25, 0.3) is 11.1 Å². The van der Waals surface area contributed by atoms with Gasteiger partial charge in [-0.3, -0.25) is 19.3 Å². The van der Waals surface area contributed by atoms with Crippen LogP contribution in [0.25, 0.3) is 17.0 Å². The normalized spacial score (nSPS) is 20.6. The summed E-state index contributed by atoms with van der Waals surface area (Å²) in [4.78, 5) is 38.9. The van der Waals surface area contributed by atoms with Crippen molar-refractivity contribution in [3.8, 4) is 0 Å². The van der Waals surface area contributed by atoms with Gasteiger partial charge in [0.2, 0.25) is 5.91 Å². The quantitative estimate of drug-likeness (QED) is 0.685. The van der Waals surface area contributed by atoms with Gasteiger partial charge in [-0.05, 0) is 43.2 Å². The maximum Gasteiger partial charge on any atom is 0.293 e. The average Bonchev–Trinajstić information content (AvgIpc) is 3.44. The molecule has 0 saturated carbocycles. The molecular formula is C22H25N3O4S. The third-order valence-electron chi connectivity index (χ3n) is 5.29. The lowest BCUT2D eigenvalue weighted by atomic mass is 10.1. The zero-order valence-electron chi connectivity index (χ0n) is 16.9. The first-order valence-corrected chi connectivity index (χ1v) is 11.1. The Morgan fingerprint density at radius 1 is 1.33 bits per heavy atom. The first-order valence-electron chi connectivity index (χ1n) is 10.3. The predicted molar refractivity (Wildman–Crippen MR) is 117 cm³/mol. The zero-order chi connectivity index (χ0) is 21.1. The topological polar surface area (TPSA) is 80.6 Å². The molecule has 1 atom stereocenters. The molecule has 0 unspecified atom stereocenters. The third-order valence-corrected chi connectivity index (χ3v) is 6.20. The van der Waals surface area contributed by atoms with Crippen LogP contribution in [-0.4, -0.2) is 52.3 Å². The van der Waals surface area contributed by atoms with E-state index in [2.05, 4.69) is 5.32 Å². The lowest BCUT2D eigenvalue weighted by Gasteiger charge is -2.11. The van der Waals surface area contributed by atoms with Crippen LogP contribution in [0.1, 0.15) is 31.7 Å². The molecule has 158 valence electrons. The fourth-order valence-corrected chi connectivity index (χ4v) is 4.68. The molecule has 1 N–H and O–H groups in total. The van der Waals surface area contributed by atoms with Crippen molar-refractivity contribution in [3.05, 3.63) is 40.9 Å². The number of hydrogen-bond donors (Lipinski definition) is 1. The zero-order valence-corrected chi connectivity index (χ0v) is 17.7. The SMILES string of the molecule is CCCN1C(=O)S/C(=C\c2cn(CC(=O)NC[C@@H]3CCCO3)c3ccccc23)C1=O. The standard InChI is InChI=1S/C22H25N3O4S/c1-2-9-25-21(27)19(30-22(25)28)11-15-13-24(18-8-4-3-7-17(15)18)14-20(26)23-12-16-6-5-10-29-16/h3-4,7-8,11,13,16H,2,5-6,9-10,12,14H2,1H3,(H,23,26)/b19-11-/t16-/m0/s1. The maximum absolute atomic E-state index is 12.6. The van der Waals surface area contributed by atoms with E-state index in [1.807, 2.05) is 42.0 Å². The molecule has 0 spiro atoms. The first kappa shape index (κ1) is 20.7. The minimum absolute atomic E-state index is 0.0823. The van der Waals surface area contributed by atoms with Crippen LogP contribution in [0, 0.1) is 0 Å². The monoisotopic (exact) mass is 427 g/mol. The summed E-state index contributed by atoms with van der Waals surface area (Å²) in [6, 6.07) is 7.74. The second-order valence-corrected chi connectivity index (χ2v) is 8.50. The Bertz CT molecular complexity index is 1010. The highest BCUT2D eigenvalue weighted by atomic mass is 32.2. The van der Waals surface area contributed by atoms with Gasteiger partial charge in [-0.15, -0.1) is 0 Å². The number of nitrogens with one attached hydrogen (secondary N) is 1. The van der Waals surface area contributed by atoms with E-state index in [0.29, 0.717) is 18.0 Å². The van der Waals surface area contributed by atoms with Crippen LogP contribution in [0.4, 0.5) is 4.79 Å². The van der Waals surface area contributed by atoms with Gasteiger partial charge in [0, 0.05) is 42.4 Å². The van der Waals surface area contributed by atoms with Crippen LogP contribution in [0.3, 0.4) is 0 Å². The van der Waals surface area contributed by atoms with Crippen molar-refractivity contribution in [2.45, 2.75) is 38.8 Å². The molecule has 30 heavy (non-hydrogen) atoms. The maximum atomic E-state index is 12.6. The second kappa shape index (κ2) is 9.06. The predicted octanol–water partition coefficient (Wildman–Crippen LogP) is 3.38. The van der Waals surface area contributed by atoms with Gasteiger partial charge in [-0.25, -0.2) is 0 Å². The summed E-state index contributed by atoms with van der Waals surface area (Å²) >= 11 is 0.967. The number of amides is 3. The van der Waals surface area contributed by atoms with Gasteiger partial charge in [0.15, 0.2) is 0 Å². The van der Waals surface area contributed by atoms with E-state index in [0.717, 1.165) is 54.1 Å². The number of aromatic nitrogens is 1. The summed E-state index contributed by atoms with van der Waals surface area (Å²) < 4.78 is 7.43. The second-order valence-electron chi connectivity index (χ2n) is 7.50. The minimum Gasteiger partial charge on any atom is -0.376 e. The highest BCUT2D eigenvalue weighted by Gasteiger charge is 2.34. The van der Waals surface area contributed by atoms with E-state index in [1.54, 1.807) is 6.08 Å². The van der Waals surface area contributed by atoms with Crippen LogP contribution >= 0.6 is 11.8 Å². The molecule has 2 aliphatic heterocycles. The van der Waals surface area contributed by atoms with E-state index < -0.39 is 0 Å². The molecule has 3 heterocycles. The van der Waals surface area contributed by atoms with Gasteiger partial charge < -0.3 is 14.6 Å². The number of fused-ring (bicyclic) bond motifs is 1. The molecule has 1 aromatic heterocycles. The van der Waals surface area contributed by atoms with Crippen LogP contribution in [-0.2, 0) is 20.9 Å². The number of carbonyl (C=O) groups excluding carboxylic acids is 3. The summed E-state index contributed by atoms with van der Waals surface area (Å²) in [5.41, 5.74) is 1.73. The van der Waals surface area contributed by atoms with Gasteiger partial charge in [-0.2, -0.15) is 0 Å². The largest absolute Gasteiger partial charge is 0.376 e. The van der Waals surface area contributed by atoms with Crippen LogP contribution < -0.4 is 5.32 Å². The van der Waals surface area contributed by atoms with E-state index in [1.165, 1.54) is 4.90 Å². The Balaban J connectivity index is 1.54. The molecule has 4 rings (SSSR count). The Kier molecular flexibility index (Phi) is 6.24. The van der Waals surface area contributed by atoms with Gasteiger partial charge in [-0.1, -0.05) is 25.1 Å². The van der Waals surface area contributed by atoms with Crippen molar-refractivity contribution < 1.29 is 19.1 Å². The third kappa shape index (κ3) is 4.29. The summed E-state index contributed by atoms with van der Waals surface area (Å²) in [5.74, 6) is -0.334. The van der Waals surface area contributed by atoms with Crippen LogP contribution in [0.15, 0.2) is 35.4 Å². The van der Waals surface area contributed by atoms with Gasteiger partial charge in [0.05, 0.1) is 11.0 Å². The van der Waals surface area contributed by atoms with Gasteiger partial charge in [0.1, 0.15) is 6.54 Å². The number of imide groups is 1. The molecule has 2 aromatic rings. The summed E-state index contributed by atoms with van der Waals surface area (Å²) in [6.07, 6.45) is 6.46. The van der Waals surface area contributed by atoms with Crippen molar-refractivity contribution in [2.75, 3.05) is 19.7 Å². The Morgan fingerprint density at radius 3 is 2.93 bits per heavy atom. The molecule has 8 heteroatoms. The lowest BCUT2D eigenvalue weighted by Crippen LogP contribution is -2.34. The number of para-hydroxylation sites is 1. The molecule has 0 bridgehead atoms. The molecule has 2 aliphatic rings. The highest BCUT2D eigenvalue weighted by molar-refractivity contribution is 8.18. The Labute approximate surface area is 179 Å². The smallest absolute Gasteiger partial charge is 0.293 e. The van der Waals surface area contributed by atoms with Crippen molar-refractivity contribution in [2.24, 2.45) is 0 Å². The number of ether oxygens (including phenoxy) is 1. The first-order chi connectivity index (χ1) is 14.6. The number of hydrogen-bond acceptors (Lipinski definition) is 5. The molecule has 0 radical (unpaired) electrons. The molecule has 0 aliphatic carbocycles. The van der Waals surface area contributed by atoms with Crippen molar-refractivity contribution in [3.63, 3.8) is 0 Å². The van der Waals surface area contributed by atoms with Crippen LogP contribution in [0.2, 0.25) is 0 Å². The molecular weight excluding hydrogens is 402 g/mol. The van der Waals surface area contributed by atoms with Gasteiger partial charge >= 0.3 is 0 Å². The fourth-order valence-electron chi connectivity index (χ4n) is 3.82. The van der Waals surface area contributed by atoms with Crippen molar-refractivity contribution in [1.29, 1.82) is 0 Å². The number of thioether (sulfide) groups is 1. The number of rotatable bonds is 7. The number of carbonyl (C=O) groups is 3. The van der Waals surface area contributed by atoms with Crippen LogP contribution in [0.5, 0.6) is 0 Å². The molecule has 2 saturated heterocycles. The molecule has 2 fully saturated rings. The number of benzene rings is 1. The molecule has 3 amide bonds. The Morgan fingerprint density at radius 2 is 2.17 bits per heavy atom. The van der Waals surface area contributed by atoms with Crippen molar-refractivity contribution >= 4 is 45.8 Å². The molecule has 7 nitrogen and oxygen atoms in total. The lowest BCUT2D eigenvalue weighted by molar-refractivity contribution is -0.123. The summed E-state index contributed by atoms with van der Waals surface area (Å²) in [6.45, 7) is 3.82. The van der Waals surface area contributed by atoms with Crippen molar-refractivity contribution in [1.82, 2.24) is 14.8 Å². The fraction of sp³-hybridized carbons (Fsp3) is 0.409. The Hall–Kier alpha value is -2.58.